The topological polar surface area (TPSA) is 79.9 Å². The molecular formula is C18H17NO6. The lowest BCUT2D eigenvalue weighted by atomic mass is 10.2. The Kier molecular flexibility index (Phi) is 4.74. The lowest BCUT2D eigenvalue weighted by Crippen LogP contribution is -2.18. The largest absolute Gasteiger partial charge is 0.497 e. The van der Waals surface area contributed by atoms with Gasteiger partial charge in [-0.05, 0) is 42.5 Å². The molecule has 1 aromatic heterocycles. The molecule has 130 valence electrons. The number of rotatable bonds is 6. The first-order valence-corrected chi connectivity index (χ1v) is 7.61. The molecule has 3 aromatic rings. The van der Waals surface area contributed by atoms with E-state index >= 15 is 0 Å². The lowest BCUT2D eigenvalue weighted by Gasteiger charge is -2.07. The van der Waals surface area contributed by atoms with Crippen LogP contribution in [0.15, 0.2) is 51.7 Å². The van der Waals surface area contributed by atoms with Crippen molar-refractivity contribution in [2.75, 3.05) is 20.8 Å². The first-order valence-electron chi connectivity index (χ1n) is 7.61. The van der Waals surface area contributed by atoms with Gasteiger partial charge < -0.3 is 18.6 Å². The lowest BCUT2D eigenvalue weighted by molar-refractivity contribution is 0.0600. The highest BCUT2D eigenvalue weighted by atomic mass is 16.5. The number of nitrogens with zero attached hydrogens (tertiary/aromatic N) is 1. The zero-order valence-electron chi connectivity index (χ0n) is 13.9. The Morgan fingerprint density at radius 3 is 2.48 bits per heavy atom. The first-order chi connectivity index (χ1) is 12.1. The highest BCUT2D eigenvalue weighted by Crippen LogP contribution is 2.18. The van der Waals surface area contributed by atoms with Crippen molar-refractivity contribution >= 4 is 17.1 Å². The number of oxazole rings is 1. The molecule has 0 amide bonds. The van der Waals surface area contributed by atoms with E-state index in [-0.39, 0.29) is 0 Å². The van der Waals surface area contributed by atoms with E-state index in [9.17, 15) is 9.59 Å². The molecule has 0 aliphatic carbocycles. The van der Waals surface area contributed by atoms with Crippen LogP contribution in [0.3, 0.4) is 0 Å². The molecular weight excluding hydrogens is 326 g/mol. The minimum absolute atomic E-state index is 0.291. The van der Waals surface area contributed by atoms with Crippen LogP contribution in [0.5, 0.6) is 11.5 Å². The number of carbonyl (C=O) groups excluding carboxylic acids is 1. The molecule has 2 aromatic carbocycles. The number of methoxy groups -OCH3 is 2. The molecule has 0 fully saturated rings. The molecule has 0 bridgehead atoms. The second kappa shape index (κ2) is 7.12. The Morgan fingerprint density at radius 1 is 1.08 bits per heavy atom. The van der Waals surface area contributed by atoms with Crippen LogP contribution in [0.4, 0.5) is 0 Å². The highest BCUT2D eigenvalue weighted by Gasteiger charge is 2.13. The number of carbonyl (C=O) groups is 1. The van der Waals surface area contributed by atoms with Crippen LogP contribution in [0, 0.1) is 0 Å². The molecule has 0 radical (unpaired) electrons. The summed E-state index contributed by atoms with van der Waals surface area (Å²) in [5.74, 6) is 0.427. The zero-order chi connectivity index (χ0) is 17.8. The number of benzene rings is 2. The molecule has 0 saturated carbocycles. The number of aromatic nitrogens is 1. The summed E-state index contributed by atoms with van der Waals surface area (Å²) >= 11 is 0. The molecule has 7 nitrogen and oxygen atoms in total. The Labute approximate surface area is 143 Å². The van der Waals surface area contributed by atoms with Gasteiger partial charge >= 0.3 is 11.7 Å². The second-order valence-electron chi connectivity index (χ2n) is 5.22. The van der Waals surface area contributed by atoms with Gasteiger partial charge in [0.25, 0.3) is 0 Å². The van der Waals surface area contributed by atoms with Gasteiger partial charge in [0.15, 0.2) is 5.58 Å². The third-order valence-electron chi connectivity index (χ3n) is 3.73. The van der Waals surface area contributed by atoms with Crippen molar-refractivity contribution in [1.29, 1.82) is 0 Å². The number of esters is 1. The van der Waals surface area contributed by atoms with Gasteiger partial charge in [0.1, 0.15) is 18.1 Å². The fourth-order valence-corrected chi connectivity index (χ4v) is 2.45. The number of hydrogen-bond donors (Lipinski definition) is 0. The van der Waals surface area contributed by atoms with Gasteiger partial charge in [-0.25, -0.2) is 9.59 Å². The molecule has 25 heavy (non-hydrogen) atoms. The monoisotopic (exact) mass is 343 g/mol. The van der Waals surface area contributed by atoms with E-state index in [1.807, 2.05) is 0 Å². The van der Waals surface area contributed by atoms with Crippen LogP contribution in [0.1, 0.15) is 10.4 Å². The highest BCUT2D eigenvalue weighted by molar-refractivity contribution is 5.93. The third kappa shape index (κ3) is 3.50. The van der Waals surface area contributed by atoms with Gasteiger partial charge in [0.2, 0.25) is 0 Å². The first kappa shape index (κ1) is 16.6. The molecule has 1 heterocycles. The maximum absolute atomic E-state index is 12.0. The average molecular weight is 343 g/mol. The zero-order valence-corrected chi connectivity index (χ0v) is 13.9. The van der Waals surface area contributed by atoms with E-state index in [4.69, 9.17) is 13.9 Å². The molecule has 3 rings (SSSR count). The Hall–Kier alpha value is -3.22. The summed E-state index contributed by atoms with van der Waals surface area (Å²) in [4.78, 5) is 23.6. The van der Waals surface area contributed by atoms with E-state index in [0.717, 1.165) is 5.75 Å². The smallest absolute Gasteiger partial charge is 0.420 e. The van der Waals surface area contributed by atoms with Gasteiger partial charge in [0.05, 0.1) is 31.8 Å². The summed E-state index contributed by atoms with van der Waals surface area (Å²) in [6.45, 7) is 0.606. The van der Waals surface area contributed by atoms with Crippen molar-refractivity contribution in [2.24, 2.45) is 0 Å². The standard InChI is InChI=1S/C18H17NO6/c1-22-13-4-6-14(7-5-13)24-10-9-19-15-8-3-12(17(20)23-2)11-16(15)25-18(19)21/h3-8,11H,9-10H2,1-2H3. The van der Waals surface area contributed by atoms with Gasteiger partial charge in [0, 0.05) is 0 Å². The molecule has 0 unspecified atom stereocenters. The molecule has 0 saturated heterocycles. The fourth-order valence-electron chi connectivity index (χ4n) is 2.45. The summed E-state index contributed by atoms with van der Waals surface area (Å²) in [5.41, 5.74) is 1.25. The van der Waals surface area contributed by atoms with E-state index in [0.29, 0.717) is 35.6 Å². The number of hydrogen-bond acceptors (Lipinski definition) is 6. The Morgan fingerprint density at radius 2 is 1.80 bits per heavy atom. The number of fused-ring (bicyclic) bond motifs is 1. The molecule has 0 aliphatic heterocycles. The van der Waals surface area contributed by atoms with Crippen molar-refractivity contribution in [3.8, 4) is 11.5 Å². The van der Waals surface area contributed by atoms with Gasteiger partial charge in [-0.1, -0.05) is 0 Å². The summed E-state index contributed by atoms with van der Waals surface area (Å²) < 4.78 is 22.0. The van der Waals surface area contributed by atoms with E-state index in [1.165, 1.54) is 17.7 Å². The summed E-state index contributed by atoms with van der Waals surface area (Å²) in [5, 5.41) is 0. The summed E-state index contributed by atoms with van der Waals surface area (Å²) in [6.07, 6.45) is 0. The molecule has 0 atom stereocenters. The number of ether oxygens (including phenoxy) is 3. The Balaban J connectivity index is 1.73. The van der Waals surface area contributed by atoms with Crippen molar-refractivity contribution in [3.63, 3.8) is 0 Å². The predicted octanol–water partition coefficient (Wildman–Crippen LogP) is 2.47. The van der Waals surface area contributed by atoms with Crippen molar-refractivity contribution in [1.82, 2.24) is 4.57 Å². The van der Waals surface area contributed by atoms with Crippen molar-refractivity contribution in [2.45, 2.75) is 6.54 Å². The van der Waals surface area contributed by atoms with Crippen molar-refractivity contribution in [3.05, 3.63) is 58.6 Å². The molecule has 0 aliphatic rings. The predicted molar refractivity (Wildman–Crippen MR) is 90.3 cm³/mol. The van der Waals surface area contributed by atoms with Gasteiger partial charge in [-0.2, -0.15) is 0 Å². The van der Waals surface area contributed by atoms with Crippen LogP contribution in [0.2, 0.25) is 0 Å². The van der Waals surface area contributed by atoms with Gasteiger partial charge in [-0.15, -0.1) is 0 Å². The van der Waals surface area contributed by atoms with E-state index < -0.39 is 11.7 Å². The van der Waals surface area contributed by atoms with E-state index in [1.54, 1.807) is 43.5 Å². The van der Waals surface area contributed by atoms with E-state index in [2.05, 4.69) is 4.74 Å². The minimum Gasteiger partial charge on any atom is -0.497 e. The molecule has 7 heteroatoms. The van der Waals surface area contributed by atoms with Crippen LogP contribution in [-0.2, 0) is 11.3 Å². The fraction of sp³-hybridized carbons (Fsp3) is 0.222. The van der Waals surface area contributed by atoms with Crippen LogP contribution >= 0.6 is 0 Å². The minimum atomic E-state index is -0.504. The van der Waals surface area contributed by atoms with Crippen LogP contribution in [0.25, 0.3) is 11.1 Å². The molecule has 0 spiro atoms. The normalized spacial score (nSPS) is 10.6. The maximum Gasteiger partial charge on any atom is 0.420 e. The van der Waals surface area contributed by atoms with Crippen LogP contribution < -0.4 is 15.2 Å². The quantitative estimate of drug-likeness (QED) is 0.640. The molecule has 0 N–H and O–H groups in total. The second-order valence-corrected chi connectivity index (χ2v) is 5.22. The van der Waals surface area contributed by atoms with Crippen molar-refractivity contribution < 1.29 is 23.4 Å². The summed E-state index contributed by atoms with van der Waals surface area (Å²) in [6, 6.07) is 11.9. The van der Waals surface area contributed by atoms with Crippen LogP contribution in [-0.4, -0.2) is 31.4 Å². The third-order valence-corrected chi connectivity index (χ3v) is 3.73. The summed E-state index contributed by atoms with van der Waals surface area (Å²) in [7, 11) is 2.89. The average Bonchev–Trinajstić information content (AvgIpc) is 2.96. The van der Waals surface area contributed by atoms with Gasteiger partial charge in [-0.3, -0.25) is 4.57 Å². The Bertz CT molecular complexity index is 938. The SMILES string of the molecule is COC(=O)c1ccc2c(c1)oc(=O)n2CCOc1ccc(OC)cc1. The maximum atomic E-state index is 12.0.